The summed E-state index contributed by atoms with van der Waals surface area (Å²) in [6.45, 7) is 1.93. The molecule has 1 aliphatic heterocycles. The lowest BCUT2D eigenvalue weighted by Crippen LogP contribution is -2.27. The summed E-state index contributed by atoms with van der Waals surface area (Å²) in [6, 6.07) is 2.00. The van der Waals surface area contributed by atoms with Crippen LogP contribution in [0, 0.1) is 5.82 Å². The molecule has 0 spiro atoms. The number of carboxylic acid groups (broad SMARTS) is 1. The Labute approximate surface area is 170 Å². The van der Waals surface area contributed by atoms with E-state index in [1.54, 1.807) is 24.1 Å². The smallest absolute Gasteiger partial charge is 0.341 e. The number of anilines is 1. The molecule has 1 aliphatic rings. The summed E-state index contributed by atoms with van der Waals surface area (Å²) in [6.07, 6.45) is 2.66. The van der Waals surface area contributed by atoms with Crippen LogP contribution in [0.4, 0.5) is 14.6 Å². The monoisotopic (exact) mass is 418 g/mol. The highest BCUT2D eigenvalue weighted by Crippen LogP contribution is 2.40. The third kappa shape index (κ3) is 3.75. The zero-order valence-electron chi connectivity index (χ0n) is 16.1. The Balaban J connectivity index is 1.75. The van der Waals surface area contributed by atoms with Gasteiger partial charge in [-0.1, -0.05) is 0 Å². The van der Waals surface area contributed by atoms with Crippen LogP contribution in [-0.4, -0.2) is 56.0 Å². The minimum absolute atomic E-state index is 0.00757. The Bertz CT molecular complexity index is 1090. The van der Waals surface area contributed by atoms with E-state index in [2.05, 4.69) is 15.1 Å². The maximum Gasteiger partial charge on any atom is 0.341 e. The molecule has 4 rings (SSSR count). The second-order valence-corrected chi connectivity index (χ2v) is 7.25. The van der Waals surface area contributed by atoms with E-state index in [1.165, 1.54) is 16.8 Å². The van der Waals surface area contributed by atoms with Crippen LogP contribution >= 0.6 is 0 Å². The van der Waals surface area contributed by atoms with Crippen molar-refractivity contribution in [1.29, 1.82) is 0 Å². The van der Waals surface area contributed by atoms with Crippen LogP contribution in [-0.2, 0) is 0 Å². The van der Waals surface area contributed by atoms with Gasteiger partial charge in [-0.25, -0.2) is 28.1 Å². The Kier molecular flexibility index (Phi) is 5.20. The van der Waals surface area contributed by atoms with E-state index in [4.69, 9.17) is 10.5 Å². The summed E-state index contributed by atoms with van der Waals surface area (Å²) >= 11 is 0. The SMILES string of the molecule is C[C@@H](N)COc1ncc(F)cc1[C@H]1C[C@H](F)CN1c1ccn2ncc(C(=O)O)c2n1. The van der Waals surface area contributed by atoms with Crippen molar-refractivity contribution in [3.8, 4) is 5.88 Å². The number of hydrogen-bond acceptors (Lipinski definition) is 7. The molecule has 1 saturated heterocycles. The molecule has 0 unspecified atom stereocenters. The topological polar surface area (TPSA) is 119 Å². The average molecular weight is 418 g/mol. The first-order valence-corrected chi connectivity index (χ1v) is 9.35. The number of halogens is 2. The molecule has 1 fully saturated rings. The van der Waals surface area contributed by atoms with Crippen molar-refractivity contribution in [2.45, 2.75) is 31.6 Å². The maximum absolute atomic E-state index is 14.4. The highest BCUT2D eigenvalue weighted by Gasteiger charge is 2.37. The van der Waals surface area contributed by atoms with E-state index in [-0.39, 0.29) is 42.7 Å². The molecule has 0 bridgehead atoms. The average Bonchev–Trinajstić information content (AvgIpc) is 3.29. The molecule has 158 valence electrons. The molecule has 0 aromatic carbocycles. The van der Waals surface area contributed by atoms with Gasteiger partial charge in [-0.2, -0.15) is 5.10 Å². The molecule has 3 atom stereocenters. The van der Waals surface area contributed by atoms with Crippen LogP contribution in [0.25, 0.3) is 5.65 Å². The van der Waals surface area contributed by atoms with Crippen molar-refractivity contribution < 1.29 is 23.4 Å². The highest BCUT2D eigenvalue weighted by atomic mass is 19.1. The van der Waals surface area contributed by atoms with E-state index >= 15 is 0 Å². The van der Waals surface area contributed by atoms with Crippen LogP contribution in [0.1, 0.15) is 35.3 Å². The van der Waals surface area contributed by atoms with Gasteiger partial charge in [0.15, 0.2) is 5.65 Å². The number of rotatable bonds is 6. The van der Waals surface area contributed by atoms with Crippen LogP contribution in [0.15, 0.2) is 30.7 Å². The van der Waals surface area contributed by atoms with Gasteiger partial charge < -0.3 is 20.5 Å². The second kappa shape index (κ2) is 7.82. The number of hydrogen-bond donors (Lipinski definition) is 2. The molecule has 3 N–H and O–H groups in total. The van der Waals surface area contributed by atoms with Gasteiger partial charge in [0.05, 0.1) is 25.0 Å². The third-order valence-electron chi connectivity index (χ3n) is 4.82. The summed E-state index contributed by atoms with van der Waals surface area (Å²) in [4.78, 5) is 21.5. The van der Waals surface area contributed by atoms with E-state index in [0.29, 0.717) is 11.4 Å². The van der Waals surface area contributed by atoms with E-state index < -0.39 is 24.0 Å². The quantitative estimate of drug-likeness (QED) is 0.624. The largest absolute Gasteiger partial charge is 0.477 e. The second-order valence-electron chi connectivity index (χ2n) is 7.25. The fourth-order valence-electron chi connectivity index (χ4n) is 3.52. The lowest BCUT2D eigenvalue weighted by Gasteiger charge is -2.27. The van der Waals surface area contributed by atoms with Gasteiger partial charge in [0, 0.05) is 24.2 Å². The Hall–Kier alpha value is -3.34. The number of aromatic nitrogens is 4. The van der Waals surface area contributed by atoms with Gasteiger partial charge in [0.25, 0.3) is 0 Å². The molecule has 0 amide bonds. The van der Waals surface area contributed by atoms with Gasteiger partial charge in [-0.15, -0.1) is 0 Å². The van der Waals surface area contributed by atoms with Crippen molar-refractivity contribution in [2.24, 2.45) is 5.73 Å². The van der Waals surface area contributed by atoms with Crippen molar-refractivity contribution in [3.63, 3.8) is 0 Å². The fourth-order valence-corrected chi connectivity index (χ4v) is 3.52. The lowest BCUT2D eigenvalue weighted by atomic mass is 10.1. The number of pyridine rings is 1. The van der Waals surface area contributed by atoms with E-state index in [9.17, 15) is 18.7 Å². The number of alkyl halides is 1. The summed E-state index contributed by atoms with van der Waals surface area (Å²) < 4.78 is 35.4. The van der Waals surface area contributed by atoms with Crippen LogP contribution in [0.3, 0.4) is 0 Å². The van der Waals surface area contributed by atoms with Crippen LogP contribution < -0.4 is 15.4 Å². The summed E-state index contributed by atoms with van der Waals surface area (Å²) in [5, 5.41) is 13.3. The van der Waals surface area contributed by atoms with Crippen LogP contribution in [0.5, 0.6) is 5.88 Å². The van der Waals surface area contributed by atoms with E-state index in [1.807, 2.05) is 0 Å². The molecule has 9 nitrogen and oxygen atoms in total. The number of carboxylic acids is 1. The summed E-state index contributed by atoms with van der Waals surface area (Å²) in [7, 11) is 0. The van der Waals surface area contributed by atoms with Crippen molar-refractivity contribution in [1.82, 2.24) is 19.6 Å². The van der Waals surface area contributed by atoms with Gasteiger partial charge >= 0.3 is 5.97 Å². The van der Waals surface area contributed by atoms with Gasteiger partial charge in [0.2, 0.25) is 5.88 Å². The summed E-state index contributed by atoms with van der Waals surface area (Å²) in [5.41, 5.74) is 6.17. The lowest BCUT2D eigenvalue weighted by molar-refractivity contribution is 0.0698. The minimum atomic E-state index is -1.19. The van der Waals surface area contributed by atoms with Crippen LogP contribution in [0.2, 0.25) is 0 Å². The fraction of sp³-hybridized carbons (Fsp3) is 0.368. The standard InChI is InChI=1S/C19H20F2N6O3/c1-10(22)9-30-18-13(4-11(20)6-23-18)15-5-12(21)8-26(15)16-2-3-27-17(25-16)14(7-24-27)19(28)29/h2-4,6-7,10,12,15H,5,8-9,22H2,1H3,(H,28,29)/t10-,12+,15-/m1/s1. The number of fused-ring (bicyclic) bond motifs is 1. The van der Waals surface area contributed by atoms with Gasteiger partial charge in [-0.05, 0) is 19.1 Å². The van der Waals surface area contributed by atoms with Crippen molar-refractivity contribution in [3.05, 3.63) is 47.7 Å². The van der Waals surface area contributed by atoms with Crippen molar-refractivity contribution >= 4 is 17.4 Å². The first kappa shape index (κ1) is 20.0. The zero-order valence-corrected chi connectivity index (χ0v) is 16.1. The number of ether oxygens (including phenoxy) is 1. The molecule has 0 radical (unpaired) electrons. The molecule has 11 heteroatoms. The molecular formula is C19H20F2N6O3. The van der Waals surface area contributed by atoms with Gasteiger partial charge in [-0.3, -0.25) is 0 Å². The molecule has 4 heterocycles. The molecule has 30 heavy (non-hydrogen) atoms. The summed E-state index contributed by atoms with van der Waals surface area (Å²) in [5.74, 6) is -1.22. The highest BCUT2D eigenvalue weighted by molar-refractivity contribution is 5.94. The molecule has 0 aliphatic carbocycles. The molecular weight excluding hydrogens is 398 g/mol. The minimum Gasteiger partial charge on any atom is -0.477 e. The molecule has 3 aromatic rings. The third-order valence-corrected chi connectivity index (χ3v) is 4.82. The molecule has 0 saturated carbocycles. The number of carbonyl (C=O) groups is 1. The number of nitrogens with zero attached hydrogens (tertiary/aromatic N) is 5. The Morgan fingerprint density at radius 1 is 1.47 bits per heavy atom. The van der Waals surface area contributed by atoms with Gasteiger partial charge in [0.1, 0.15) is 30.0 Å². The predicted molar refractivity (Wildman–Crippen MR) is 103 cm³/mol. The van der Waals surface area contributed by atoms with Crippen molar-refractivity contribution in [2.75, 3.05) is 18.1 Å². The molecule has 3 aromatic heterocycles. The predicted octanol–water partition coefficient (Wildman–Crippen LogP) is 1.98. The number of nitrogens with two attached hydrogens (primary N) is 1. The Morgan fingerprint density at radius 2 is 2.27 bits per heavy atom. The zero-order chi connectivity index (χ0) is 21.4. The van der Waals surface area contributed by atoms with E-state index in [0.717, 1.165) is 6.20 Å². The maximum atomic E-state index is 14.4. The first-order chi connectivity index (χ1) is 14.3. The first-order valence-electron chi connectivity index (χ1n) is 9.35. The normalized spacial score (nSPS) is 19.9. The Morgan fingerprint density at radius 3 is 3.00 bits per heavy atom. The number of aromatic carboxylic acids is 1.